The second-order valence-electron chi connectivity index (χ2n) is 6.26. The number of benzene rings is 2. The van der Waals surface area contributed by atoms with Crippen LogP contribution < -0.4 is 10.6 Å². The Morgan fingerprint density at radius 2 is 1.74 bits per heavy atom. The minimum absolute atomic E-state index is 0.619. The van der Waals surface area contributed by atoms with Gasteiger partial charge in [0, 0.05) is 29.8 Å². The summed E-state index contributed by atoms with van der Waals surface area (Å²) in [5.74, 6) is 1.36. The molecule has 0 amide bonds. The Bertz CT molecular complexity index is 1040. The summed E-state index contributed by atoms with van der Waals surface area (Å²) in [6.45, 7) is 2.95. The number of nitrogens with one attached hydrogen (secondary N) is 2. The van der Waals surface area contributed by atoms with E-state index in [0.717, 1.165) is 46.6 Å². The number of para-hydroxylation sites is 1. The predicted octanol–water partition coefficient (Wildman–Crippen LogP) is 5.26. The van der Waals surface area contributed by atoms with Gasteiger partial charge in [0.2, 0.25) is 5.95 Å². The van der Waals surface area contributed by atoms with Crippen molar-refractivity contribution in [3.63, 3.8) is 0 Å². The van der Waals surface area contributed by atoms with E-state index in [9.17, 15) is 0 Å². The Hall–Kier alpha value is -3.47. The molecule has 2 aromatic heterocycles. The zero-order valence-corrected chi connectivity index (χ0v) is 15.2. The van der Waals surface area contributed by atoms with Crippen LogP contribution in [0.2, 0.25) is 0 Å². The molecule has 2 heterocycles. The number of rotatable bonds is 6. The summed E-state index contributed by atoms with van der Waals surface area (Å²) in [6.07, 6.45) is 2.81. The highest BCUT2D eigenvalue weighted by Crippen LogP contribution is 2.27. The van der Waals surface area contributed by atoms with E-state index < -0.39 is 0 Å². The van der Waals surface area contributed by atoms with Crippen LogP contribution in [-0.2, 0) is 0 Å². The van der Waals surface area contributed by atoms with Crippen molar-refractivity contribution >= 4 is 28.4 Å². The first-order valence-corrected chi connectivity index (χ1v) is 9.12. The summed E-state index contributed by atoms with van der Waals surface area (Å²) in [7, 11) is 0. The van der Waals surface area contributed by atoms with Gasteiger partial charge in [0.05, 0.1) is 16.9 Å². The van der Waals surface area contributed by atoms with Gasteiger partial charge in [-0.1, -0.05) is 55.5 Å². The summed E-state index contributed by atoms with van der Waals surface area (Å²) in [6, 6.07) is 22.2. The molecule has 0 bridgehead atoms. The van der Waals surface area contributed by atoms with E-state index in [0.29, 0.717) is 5.95 Å². The average molecular weight is 355 g/mol. The van der Waals surface area contributed by atoms with Crippen molar-refractivity contribution < 1.29 is 0 Å². The first kappa shape index (κ1) is 17.0. The molecule has 27 heavy (non-hydrogen) atoms. The van der Waals surface area contributed by atoms with E-state index in [1.165, 1.54) is 0 Å². The van der Waals surface area contributed by atoms with Crippen LogP contribution in [0.5, 0.6) is 0 Å². The number of pyridine rings is 1. The molecule has 2 aromatic carbocycles. The standard InChI is InChI=1S/C22H21N5/c1-2-13-24-22-26-19(16-8-4-3-5-9-16)15-20(27-22)25-18-12-6-10-17-11-7-14-23-21(17)18/h3-12,14-15H,2,13H2,1H3,(H2,24,25,26,27). The van der Waals surface area contributed by atoms with Gasteiger partial charge >= 0.3 is 0 Å². The lowest BCUT2D eigenvalue weighted by Crippen LogP contribution is -2.07. The largest absolute Gasteiger partial charge is 0.354 e. The van der Waals surface area contributed by atoms with Crippen LogP contribution in [0.4, 0.5) is 17.5 Å². The average Bonchev–Trinajstić information content (AvgIpc) is 2.73. The van der Waals surface area contributed by atoms with Crippen molar-refractivity contribution in [3.05, 3.63) is 72.9 Å². The zero-order chi connectivity index (χ0) is 18.5. The summed E-state index contributed by atoms with van der Waals surface area (Å²) >= 11 is 0. The van der Waals surface area contributed by atoms with Gasteiger partial charge in [-0.2, -0.15) is 4.98 Å². The van der Waals surface area contributed by atoms with Crippen LogP contribution in [0.25, 0.3) is 22.2 Å². The predicted molar refractivity (Wildman–Crippen MR) is 111 cm³/mol. The molecule has 5 heteroatoms. The molecular weight excluding hydrogens is 334 g/mol. The normalized spacial score (nSPS) is 10.7. The maximum absolute atomic E-state index is 4.67. The van der Waals surface area contributed by atoms with Gasteiger partial charge in [0.15, 0.2) is 0 Å². The number of hydrogen-bond donors (Lipinski definition) is 2. The molecular formula is C22H21N5. The summed E-state index contributed by atoms with van der Waals surface area (Å²) in [5, 5.41) is 7.80. The third-order valence-electron chi connectivity index (χ3n) is 4.22. The van der Waals surface area contributed by atoms with Crippen LogP contribution >= 0.6 is 0 Å². The van der Waals surface area contributed by atoms with Crippen molar-refractivity contribution in [2.75, 3.05) is 17.2 Å². The van der Waals surface area contributed by atoms with Gasteiger partial charge in [0.1, 0.15) is 5.82 Å². The van der Waals surface area contributed by atoms with Crippen LogP contribution in [0, 0.1) is 0 Å². The highest BCUT2D eigenvalue weighted by molar-refractivity contribution is 5.91. The molecule has 0 aliphatic heterocycles. The van der Waals surface area contributed by atoms with Crippen LogP contribution in [-0.4, -0.2) is 21.5 Å². The van der Waals surface area contributed by atoms with Crippen LogP contribution in [0.15, 0.2) is 72.9 Å². The Balaban J connectivity index is 1.74. The van der Waals surface area contributed by atoms with Crippen LogP contribution in [0.1, 0.15) is 13.3 Å². The molecule has 0 saturated heterocycles. The molecule has 0 saturated carbocycles. The fraction of sp³-hybridized carbons (Fsp3) is 0.136. The molecule has 0 aliphatic carbocycles. The SMILES string of the molecule is CCCNc1nc(Nc2cccc3cccnc23)cc(-c2ccccc2)n1. The fourth-order valence-electron chi connectivity index (χ4n) is 2.93. The van der Waals surface area contributed by atoms with Crippen molar-refractivity contribution in [2.24, 2.45) is 0 Å². The summed E-state index contributed by atoms with van der Waals surface area (Å²) in [5.41, 5.74) is 3.77. The van der Waals surface area contributed by atoms with Gasteiger partial charge in [-0.25, -0.2) is 4.98 Å². The van der Waals surface area contributed by atoms with E-state index in [2.05, 4.69) is 56.8 Å². The highest BCUT2D eigenvalue weighted by atomic mass is 15.1. The molecule has 4 rings (SSSR count). The number of aromatic nitrogens is 3. The van der Waals surface area contributed by atoms with Gasteiger partial charge in [-0.15, -0.1) is 0 Å². The lowest BCUT2D eigenvalue weighted by Gasteiger charge is -2.12. The second-order valence-corrected chi connectivity index (χ2v) is 6.26. The van der Waals surface area contributed by atoms with E-state index in [4.69, 9.17) is 0 Å². The monoisotopic (exact) mass is 355 g/mol. The lowest BCUT2D eigenvalue weighted by molar-refractivity contribution is 0.954. The number of fused-ring (bicyclic) bond motifs is 1. The smallest absolute Gasteiger partial charge is 0.225 e. The summed E-state index contributed by atoms with van der Waals surface area (Å²) in [4.78, 5) is 13.8. The van der Waals surface area contributed by atoms with Crippen molar-refractivity contribution in [2.45, 2.75) is 13.3 Å². The fourth-order valence-corrected chi connectivity index (χ4v) is 2.93. The number of anilines is 3. The second kappa shape index (κ2) is 7.83. The molecule has 5 nitrogen and oxygen atoms in total. The molecule has 0 fully saturated rings. The quantitative estimate of drug-likeness (QED) is 0.494. The van der Waals surface area contributed by atoms with Gasteiger partial charge < -0.3 is 10.6 Å². The number of hydrogen-bond acceptors (Lipinski definition) is 5. The molecule has 2 N–H and O–H groups in total. The maximum atomic E-state index is 4.67. The van der Waals surface area contributed by atoms with E-state index >= 15 is 0 Å². The molecule has 0 radical (unpaired) electrons. The Labute approximate surface area is 158 Å². The van der Waals surface area contributed by atoms with Crippen molar-refractivity contribution in [1.29, 1.82) is 0 Å². The first-order valence-electron chi connectivity index (χ1n) is 9.12. The van der Waals surface area contributed by atoms with E-state index in [1.54, 1.807) is 6.20 Å². The maximum Gasteiger partial charge on any atom is 0.225 e. The van der Waals surface area contributed by atoms with Crippen molar-refractivity contribution in [1.82, 2.24) is 15.0 Å². The minimum atomic E-state index is 0.619. The van der Waals surface area contributed by atoms with E-state index in [-0.39, 0.29) is 0 Å². The Morgan fingerprint density at radius 1 is 0.889 bits per heavy atom. The Kier molecular flexibility index (Phi) is 4.92. The Morgan fingerprint density at radius 3 is 2.59 bits per heavy atom. The van der Waals surface area contributed by atoms with E-state index in [1.807, 2.05) is 42.5 Å². The van der Waals surface area contributed by atoms with Crippen LogP contribution in [0.3, 0.4) is 0 Å². The number of nitrogens with zero attached hydrogens (tertiary/aromatic N) is 3. The zero-order valence-electron chi connectivity index (χ0n) is 15.2. The third kappa shape index (κ3) is 3.87. The molecule has 4 aromatic rings. The topological polar surface area (TPSA) is 62.7 Å². The van der Waals surface area contributed by atoms with Crippen molar-refractivity contribution in [3.8, 4) is 11.3 Å². The van der Waals surface area contributed by atoms with Gasteiger partial charge in [0.25, 0.3) is 0 Å². The molecule has 0 aliphatic rings. The van der Waals surface area contributed by atoms with Gasteiger partial charge in [-0.05, 0) is 18.6 Å². The van der Waals surface area contributed by atoms with Gasteiger partial charge in [-0.3, -0.25) is 4.98 Å². The lowest BCUT2D eigenvalue weighted by atomic mass is 10.1. The molecule has 0 unspecified atom stereocenters. The molecule has 0 atom stereocenters. The highest BCUT2D eigenvalue weighted by Gasteiger charge is 2.09. The third-order valence-corrected chi connectivity index (χ3v) is 4.22. The summed E-state index contributed by atoms with van der Waals surface area (Å²) < 4.78 is 0. The minimum Gasteiger partial charge on any atom is -0.354 e. The molecule has 134 valence electrons. The molecule has 0 spiro atoms. The first-order chi connectivity index (χ1) is 13.3.